The molecule has 3 aliphatic carbocycles. The van der Waals surface area contributed by atoms with E-state index < -0.39 is 12.2 Å². The Bertz CT molecular complexity index is 1450. The zero-order valence-electron chi connectivity index (χ0n) is 25.1. The Kier molecular flexibility index (Phi) is 8.88. The molecule has 4 unspecified atom stereocenters. The average molecular weight is 639 g/mol. The van der Waals surface area contributed by atoms with Crippen LogP contribution in [0.15, 0.2) is 74.9 Å². The molecule has 4 fully saturated rings. The Labute approximate surface area is 268 Å². The van der Waals surface area contributed by atoms with E-state index in [1.807, 2.05) is 12.2 Å². The predicted octanol–water partition coefficient (Wildman–Crippen LogP) is 7.41. The number of aliphatic hydroxyl groups excluding tert-OH is 1. The summed E-state index contributed by atoms with van der Waals surface area (Å²) >= 11 is 8.47. The molecule has 9 heteroatoms. The van der Waals surface area contributed by atoms with Crippen LogP contribution in [0.3, 0.4) is 0 Å². The molecule has 0 aromatic heterocycles. The molecule has 8 rings (SSSR count). The molecule has 4 heterocycles. The van der Waals surface area contributed by atoms with Gasteiger partial charge in [0.2, 0.25) is 0 Å². The van der Waals surface area contributed by atoms with Crippen LogP contribution in [0, 0.1) is 35.4 Å². The van der Waals surface area contributed by atoms with Gasteiger partial charge >= 0.3 is 0 Å². The van der Waals surface area contributed by atoms with Gasteiger partial charge in [0.05, 0.1) is 16.7 Å². The van der Waals surface area contributed by atoms with Crippen molar-refractivity contribution in [2.24, 2.45) is 39.6 Å². The molecule has 2 N–H and O–H groups in total. The number of aliphatic imine (C=N–C) groups is 2. The van der Waals surface area contributed by atoms with E-state index in [0.29, 0.717) is 29.2 Å². The summed E-state index contributed by atoms with van der Waals surface area (Å²) in [6.45, 7) is 4.67. The van der Waals surface area contributed by atoms with Gasteiger partial charge in [-0.1, -0.05) is 23.7 Å². The summed E-state index contributed by atoms with van der Waals surface area (Å²) in [5.41, 5.74) is 4.30. The molecule has 44 heavy (non-hydrogen) atoms. The molecule has 0 spiro atoms. The van der Waals surface area contributed by atoms with Crippen molar-refractivity contribution in [3.05, 3.63) is 81.3 Å². The minimum atomic E-state index is -1.10. The third kappa shape index (κ3) is 6.00. The standard InChI is InChI=1S/C35H41ClF2N4OS/c1-20(37)11-26-5-7-30(40-26)33-31-14-22(17-39-9-8-21-12-23-15-24(13-21)28(23)19-43)18-42(31)35(32-3-2-10-44-32)41-34(33)27-6-4-25(38)16-29(27)36/h2,4-7,10-11,16,20-24,28,32,34,39,43H,3,8-9,12-15,17-19H2,1H3/b26-11-/t20?,21-,22-,23?,24?,28-,32?,34+/m1/s1. The van der Waals surface area contributed by atoms with Crippen LogP contribution in [0.25, 0.3) is 0 Å². The molecule has 3 saturated carbocycles. The Balaban J connectivity index is 1.14. The van der Waals surface area contributed by atoms with E-state index in [0.717, 1.165) is 72.9 Å². The van der Waals surface area contributed by atoms with Gasteiger partial charge in [-0.15, -0.1) is 11.8 Å². The zero-order valence-corrected chi connectivity index (χ0v) is 26.7. The SMILES string of the molecule is CC(F)/C=C1/C=CC(C2=C3C[C@H](CNCC[C@H]4CC5CC(C4)[C@H]5CO)CN3C(C3CC=CS3)=N[C@H]2c2ccc(F)cc2Cl)=N1. The lowest BCUT2D eigenvalue weighted by Gasteiger charge is -2.52. The fourth-order valence-corrected chi connectivity index (χ4v) is 9.55. The predicted molar refractivity (Wildman–Crippen MR) is 176 cm³/mol. The Hall–Kier alpha value is -2.26. The second-order valence-electron chi connectivity index (χ2n) is 13.4. The number of halogens is 3. The van der Waals surface area contributed by atoms with Crippen molar-refractivity contribution in [1.29, 1.82) is 0 Å². The summed E-state index contributed by atoms with van der Waals surface area (Å²) in [5, 5.41) is 16.1. The number of hydrogen-bond acceptors (Lipinski definition) is 6. The highest BCUT2D eigenvalue weighted by molar-refractivity contribution is 8.03. The smallest absolute Gasteiger partial charge is 0.124 e. The fraction of sp³-hybridized carbons (Fsp3) is 0.543. The van der Waals surface area contributed by atoms with Crippen LogP contribution in [0.2, 0.25) is 5.02 Å². The van der Waals surface area contributed by atoms with Gasteiger partial charge < -0.3 is 15.3 Å². The fourth-order valence-electron chi connectivity index (χ4n) is 8.33. The molecule has 2 bridgehead atoms. The average Bonchev–Trinajstić information content (AvgIpc) is 3.76. The Morgan fingerprint density at radius 1 is 1.20 bits per heavy atom. The van der Waals surface area contributed by atoms with Crippen LogP contribution in [0.4, 0.5) is 8.78 Å². The highest BCUT2D eigenvalue weighted by Crippen LogP contribution is 2.53. The number of benzene rings is 1. The number of nitrogens with zero attached hydrogens (tertiary/aromatic N) is 3. The number of rotatable bonds is 10. The van der Waals surface area contributed by atoms with Gasteiger partial charge in [0.15, 0.2) is 0 Å². The lowest BCUT2D eigenvalue weighted by molar-refractivity contribution is -0.0506. The van der Waals surface area contributed by atoms with Crippen LogP contribution in [-0.4, -0.2) is 59.2 Å². The lowest BCUT2D eigenvalue weighted by atomic mass is 9.54. The van der Waals surface area contributed by atoms with Crippen molar-refractivity contribution in [3.8, 4) is 0 Å². The maximum Gasteiger partial charge on any atom is 0.124 e. The number of alkyl halides is 1. The first-order valence-electron chi connectivity index (χ1n) is 16.2. The highest BCUT2D eigenvalue weighted by Gasteiger charge is 2.46. The Morgan fingerprint density at radius 3 is 2.77 bits per heavy atom. The first-order chi connectivity index (χ1) is 21.4. The molecular formula is C35H41ClF2N4OS. The van der Waals surface area contributed by atoms with Gasteiger partial charge in [0.25, 0.3) is 0 Å². The largest absolute Gasteiger partial charge is 0.396 e. The number of hydrogen-bond donors (Lipinski definition) is 2. The number of aliphatic hydroxyl groups is 1. The maximum absolute atomic E-state index is 14.1. The number of thioether (sulfide) groups is 1. The van der Waals surface area contributed by atoms with E-state index in [-0.39, 0.29) is 11.1 Å². The summed E-state index contributed by atoms with van der Waals surface area (Å²) in [5.74, 6) is 3.86. The normalized spacial score (nSPS) is 34.0. The van der Waals surface area contributed by atoms with Gasteiger partial charge in [0.1, 0.15) is 23.9 Å². The second-order valence-corrected chi connectivity index (χ2v) is 14.9. The minimum absolute atomic E-state index is 0.212. The highest BCUT2D eigenvalue weighted by atomic mass is 35.5. The quantitative estimate of drug-likeness (QED) is 0.262. The lowest BCUT2D eigenvalue weighted by Crippen LogP contribution is -2.46. The molecule has 1 aromatic carbocycles. The summed E-state index contributed by atoms with van der Waals surface area (Å²) in [6.07, 6.45) is 13.3. The molecule has 7 aliphatic rings. The van der Waals surface area contributed by atoms with E-state index in [4.69, 9.17) is 21.6 Å². The molecule has 234 valence electrons. The van der Waals surface area contributed by atoms with Crippen molar-refractivity contribution < 1.29 is 13.9 Å². The summed E-state index contributed by atoms with van der Waals surface area (Å²) in [4.78, 5) is 12.6. The topological polar surface area (TPSA) is 60.2 Å². The maximum atomic E-state index is 14.1. The van der Waals surface area contributed by atoms with E-state index in [1.54, 1.807) is 17.8 Å². The second kappa shape index (κ2) is 12.9. The number of amidine groups is 1. The number of fused-ring (bicyclic) bond motifs is 3. The summed E-state index contributed by atoms with van der Waals surface area (Å²) < 4.78 is 28.0. The van der Waals surface area contributed by atoms with E-state index >= 15 is 0 Å². The van der Waals surface area contributed by atoms with Crippen molar-refractivity contribution in [2.75, 3.05) is 26.2 Å². The molecule has 6 atom stereocenters. The molecule has 1 saturated heterocycles. The van der Waals surface area contributed by atoms with E-state index in [1.165, 1.54) is 56.5 Å². The minimum Gasteiger partial charge on any atom is -0.396 e. The third-order valence-corrected chi connectivity index (χ3v) is 11.8. The van der Waals surface area contributed by atoms with Crippen molar-refractivity contribution >= 4 is 34.9 Å². The summed E-state index contributed by atoms with van der Waals surface area (Å²) in [7, 11) is 0. The molecule has 4 aliphatic heterocycles. The van der Waals surface area contributed by atoms with E-state index in [2.05, 4.69) is 21.7 Å². The van der Waals surface area contributed by atoms with Crippen LogP contribution < -0.4 is 5.32 Å². The molecule has 1 aromatic rings. The van der Waals surface area contributed by atoms with Gasteiger partial charge in [-0.25, -0.2) is 13.8 Å². The van der Waals surface area contributed by atoms with Gasteiger partial charge in [0, 0.05) is 41.6 Å². The molecular weight excluding hydrogens is 598 g/mol. The van der Waals surface area contributed by atoms with Crippen LogP contribution in [-0.2, 0) is 0 Å². The van der Waals surface area contributed by atoms with Gasteiger partial charge in [-0.05, 0) is 117 Å². The Morgan fingerprint density at radius 2 is 2.05 bits per heavy atom. The van der Waals surface area contributed by atoms with Crippen LogP contribution in [0.1, 0.15) is 57.1 Å². The summed E-state index contributed by atoms with van der Waals surface area (Å²) in [6, 6.07) is 4.12. The monoisotopic (exact) mass is 638 g/mol. The van der Waals surface area contributed by atoms with Gasteiger partial charge in [-0.2, -0.15) is 0 Å². The first kappa shape index (κ1) is 30.4. The first-order valence-corrected chi connectivity index (χ1v) is 17.5. The van der Waals surface area contributed by atoms with E-state index in [9.17, 15) is 13.9 Å². The van der Waals surface area contributed by atoms with Crippen molar-refractivity contribution in [3.63, 3.8) is 0 Å². The molecule has 0 radical (unpaired) electrons. The zero-order chi connectivity index (χ0) is 30.4. The number of nitrogens with one attached hydrogen (secondary N) is 1. The molecule has 5 nitrogen and oxygen atoms in total. The van der Waals surface area contributed by atoms with Crippen molar-refractivity contribution in [1.82, 2.24) is 10.2 Å². The third-order valence-electron chi connectivity index (χ3n) is 10.4. The van der Waals surface area contributed by atoms with Crippen molar-refractivity contribution in [2.45, 2.75) is 62.9 Å². The van der Waals surface area contributed by atoms with Gasteiger partial charge in [-0.3, -0.25) is 4.99 Å². The van der Waals surface area contributed by atoms with Crippen LogP contribution in [0.5, 0.6) is 0 Å². The number of allylic oxidation sites excluding steroid dienone is 5. The molecule has 0 amide bonds. The van der Waals surface area contributed by atoms with Crippen LogP contribution >= 0.6 is 23.4 Å².